The third-order valence-electron chi connectivity index (χ3n) is 7.22. The van der Waals surface area contributed by atoms with Crippen molar-refractivity contribution < 1.29 is 14.7 Å². The van der Waals surface area contributed by atoms with Gasteiger partial charge in [-0.15, -0.1) is 0 Å². The number of benzene rings is 4. The molecule has 1 amide bonds. The lowest BCUT2D eigenvalue weighted by Crippen LogP contribution is -2.30. The molecule has 0 saturated carbocycles. The van der Waals surface area contributed by atoms with Crippen molar-refractivity contribution >= 4 is 23.3 Å². The quantitative estimate of drug-likeness (QED) is 0.259. The molecule has 1 atom stereocenters. The van der Waals surface area contributed by atoms with E-state index >= 15 is 0 Å². The number of fused-ring (bicyclic) bond motifs is 1. The van der Waals surface area contributed by atoms with Crippen LogP contribution in [0.2, 0.25) is 0 Å². The zero-order valence-corrected chi connectivity index (χ0v) is 21.7. The average Bonchev–Trinajstić information content (AvgIpc) is 2.97. The summed E-state index contributed by atoms with van der Waals surface area (Å²) in [6.45, 7) is 10.7. The molecule has 6 heteroatoms. The van der Waals surface area contributed by atoms with E-state index in [1.807, 2.05) is 61.5 Å². The number of nitrogens with zero attached hydrogens (tertiary/aromatic N) is 2. The average molecular weight is 516 g/mol. The molecule has 0 unspecified atom stereocenters. The van der Waals surface area contributed by atoms with Crippen molar-refractivity contribution in [3.8, 4) is 11.1 Å². The van der Waals surface area contributed by atoms with Gasteiger partial charge in [-0.05, 0) is 71.8 Å². The predicted octanol–water partition coefficient (Wildman–Crippen LogP) is 7.05. The minimum absolute atomic E-state index is 0.117. The summed E-state index contributed by atoms with van der Waals surface area (Å²) in [5.41, 5.74) is 7.50. The van der Waals surface area contributed by atoms with E-state index in [1.165, 1.54) is 0 Å². The number of carboxylic acid groups (broad SMARTS) is 1. The standard InChI is InChI=1S/C33H29N3O3/c1-22(24-13-16-28(34-2)17-14-24)35-32(37)27-15-18-31-26(20-27)6-5-19-36(31)21-23-9-11-25(12-10-23)29-7-3-4-8-30(29)33(38)39/h3-4,7-18,20,22H,5-6,19,21H2,1H3,(H,35,37)(H,38,39)/t22-/m0/s1. The van der Waals surface area contributed by atoms with E-state index in [4.69, 9.17) is 6.57 Å². The minimum atomic E-state index is -0.933. The second-order valence-electron chi connectivity index (χ2n) is 9.81. The van der Waals surface area contributed by atoms with E-state index in [0.29, 0.717) is 22.4 Å². The smallest absolute Gasteiger partial charge is 0.336 e. The topological polar surface area (TPSA) is 74.0 Å². The Hall–Kier alpha value is -4.89. The Morgan fingerprint density at radius 1 is 1.00 bits per heavy atom. The van der Waals surface area contributed by atoms with Crippen LogP contribution in [0.4, 0.5) is 11.4 Å². The van der Waals surface area contributed by atoms with Crippen molar-refractivity contribution in [3.63, 3.8) is 0 Å². The summed E-state index contributed by atoms with van der Waals surface area (Å²) in [4.78, 5) is 30.4. The van der Waals surface area contributed by atoms with Gasteiger partial charge in [0.2, 0.25) is 0 Å². The molecule has 1 aliphatic heterocycles. The van der Waals surface area contributed by atoms with E-state index in [9.17, 15) is 14.7 Å². The molecular formula is C33H29N3O3. The highest BCUT2D eigenvalue weighted by atomic mass is 16.4. The maximum atomic E-state index is 13.0. The van der Waals surface area contributed by atoms with Crippen molar-refractivity contribution in [1.82, 2.24) is 5.32 Å². The molecule has 4 aromatic rings. The molecule has 0 aromatic heterocycles. The van der Waals surface area contributed by atoms with Gasteiger partial charge in [0.1, 0.15) is 0 Å². The van der Waals surface area contributed by atoms with Gasteiger partial charge in [0.15, 0.2) is 5.69 Å². The summed E-state index contributed by atoms with van der Waals surface area (Å²) in [5, 5.41) is 12.6. The Kier molecular flexibility index (Phi) is 7.42. The number of hydrogen-bond acceptors (Lipinski definition) is 3. The fourth-order valence-electron chi connectivity index (χ4n) is 5.11. The van der Waals surface area contributed by atoms with Crippen LogP contribution in [-0.2, 0) is 13.0 Å². The predicted molar refractivity (Wildman–Crippen MR) is 153 cm³/mol. The van der Waals surface area contributed by atoms with Gasteiger partial charge in [-0.1, -0.05) is 66.7 Å². The highest BCUT2D eigenvalue weighted by molar-refractivity contribution is 5.96. The number of hydrogen-bond donors (Lipinski definition) is 2. The molecule has 6 nitrogen and oxygen atoms in total. The van der Waals surface area contributed by atoms with Gasteiger partial charge in [-0.3, -0.25) is 4.79 Å². The van der Waals surface area contributed by atoms with Gasteiger partial charge in [-0.2, -0.15) is 0 Å². The first-order chi connectivity index (χ1) is 18.9. The number of carbonyl (C=O) groups is 2. The second-order valence-corrected chi connectivity index (χ2v) is 9.81. The van der Waals surface area contributed by atoms with Crippen LogP contribution < -0.4 is 10.2 Å². The van der Waals surface area contributed by atoms with Crippen molar-refractivity contribution in [3.05, 3.63) is 130 Å². The van der Waals surface area contributed by atoms with Crippen LogP contribution in [0.25, 0.3) is 16.0 Å². The van der Waals surface area contributed by atoms with E-state index in [1.54, 1.807) is 24.3 Å². The SMILES string of the molecule is [C-]#[N+]c1ccc([C@H](C)NC(=O)c2ccc3c(c2)CCCN3Cc2ccc(-c3ccccc3C(=O)O)cc2)cc1. The molecule has 39 heavy (non-hydrogen) atoms. The third-order valence-corrected chi connectivity index (χ3v) is 7.22. The van der Waals surface area contributed by atoms with Gasteiger partial charge in [0.05, 0.1) is 18.2 Å². The molecule has 0 saturated heterocycles. The number of aryl methyl sites for hydroxylation is 1. The number of carbonyl (C=O) groups excluding carboxylic acids is 1. The van der Waals surface area contributed by atoms with E-state index in [0.717, 1.165) is 53.9 Å². The van der Waals surface area contributed by atoms with Crippen LogP contribution in [0.3, 0.4) is 0 Å². The lowest BCUT2D eigenvalue weighted by atomic mass is 9.97. The minimum Gasteiger partial charge on any atom is -0.478 e. The number of amides is 1. The van der Waals surface area contributed by atoms with Crippen molar-refractivity contribution in [2.75, 3.05) is 11.4 Å². The number of carboxylic acids is 1. The normalized spacial score (nSPS) is 13.2. The molecule has 1 aliphatic rings. The Morgan fingerprint density at radius 2 is 1.74 bits per heavy atom. The van der Waals surface area contributed by atoms with E-state index < -0.39 is 5.97 Å². The van der Waals surface area contributed by atoms with Crippen molar-refractivity contribution in [2.45, 2.75) is 32.4 Å². The van der Waals surface area contributed by atoms with Crippen molar-refractivity contribution in [2.24, 2.45) is 0 Å². The summed E-state index contributed by atoms with van der Waals surface area (Å²) in [6, 6.07) is 28.1. The lowest BCUT2D eigenvalue weighted by Gasteiger charge is -2.32. The number of aromatic carboxylic acids is 1. The van der Waals surface area contributed by atoms with Crippen molar-refractivity contribution in [1.29, 1.82) is 0 Å². The first-order valence-electron chi connectivity index (χ1n) is 13.0. The fourth-order valence-corrected chi connectivity index (χ4v) is 5.11. The highest BCUT2D eigenvalue weighted by Gasteiger charge is 2.20. The summed E-state index contributed by atoms with van der Waals surface area (Å²) in [7, 11) is 0. The lowest BCUT2D eigenvalue weighted by molar-refractivity contribution is 0.0697. The van der Waals surface area contributed by atoms with Gasteiger partial charge >= 0.3 is 5.97 Å². The van der Waals surface area contributed by atoms with Gasteiger partial charge in [0, 0.05) is 24.3 Å². The maximum absolute atomic E-state index is 13.0. The molecular weight excluding hydrogens is 486 g/mol. The molecule has 0 fully saturated rings. The Morgan fingerprint density at radius 3 is 2.46 bits per heavy atom. The second kappa shape index (κ2) is 11.2. The van der Waals surface area contributed by atoms with E-state index in [2.05, 4.69) is 27.2 Å². The molecule has 1 heterocycles. The molecule has 0 radical (unpaired) electrons. The fraction of sp³-hybridized carbons (Fsp3) is 0.182. The molecule has 194 valence electrons. The van der Waals surface area contributed by atoms with Gasteiger partial charge in [-0.25, -0.2) is 9.64 Å². The molecule has 0 bridgehead atoms. The van der Waals surface area contributed by atoms with Crippen LogP contribution in [0.1, 0.15) is 56.8 Å². The van der Waals surface area contributed by atoms with Crippen LogP contribution in [-0.4, -0.2) is 23.5 Å². The Labute approximate surface area is 228 Å². The molecule has 0 aliphatic carbocycles. The highest BCUT2D eigenvalue weighted by Crippen LogP contribution is 2.31. The van der Waals surface area contributed by atoms with Gasteiger partial charge in [0.25, 0.3) is 5.91 Å². The van der Waals surface area contributed by atoms with Crippen LogP contribution >= 0.6 is 0 Å². The Bertz CT molecular complexity index is 1550. The number of rotatable bonds is 7. The van der Waals surface area contributed by atoms with E-state index in [-0.39, 0.29) is 11.9 Å². The van der Waals surface area contributed by atoms with Crippen LogP contribution in [0.15, 0.2) is 91.0 Å². The monoisotopic (exact) mass is 515 g/mol. The zero-order chi connectivity index (χ0) is 27.4. The third kappa shape index (κ3) is 5.68. The first-order valence-corrected chi connectivity index (χ1v) is 13.0. The molecule has 4 aromatic carbocycles. The Balaban J connectivity index is 1.28. The summed E-state index contributed by atoms with van der Waals surface area (Å²) < 4.78 is 0. The largest absolute Gasteiger partial charge is 0.478 e. The molecule has 2 N–H and O–H groups in total. The molecule has 5 rings (SSSR count). The first kappa shape index (κ1) is 25.7. The maximum Gasteiger partial charge on any atom is 0.336 e. The summed E-state index contributed by atoms with van der Waals surface area (Å²) >= 11 is 0. The summed E-state index contributed by atoms with van der Waals surface area (Å²) in [6.07, 6.45) is 1.93. The zero-order valence-electron chi connectivity index (χ0n) is 21.7. The van der Waals surface area contributed by atoms with Gasteiger partial charge < -0.3 is 15.3 Å². The van der Waals surface area contributed by atoms with Crippen LogP contribution in [0, 0.1) is 6.57 Å². The summed E-state index contributed by atoms with van der Waals surface area (Å²) in [5.74, 6) is -1.05. The van der Waals surface area contributed by atoms with Crippen LogP contribution in [0.5, 0.6) is 0 Å². The number of anilines is 1. The number of nitrogens with one attached hydrogen (secondary N) is 1. The molecule has 0 spiro atoms.